The summed E-state index contributed by atoms with van der Waals surface area (Å²) in [6, 6.07) is 83.4. The van der Waals surface area contributed by atoms with Crippen molar-refractivity contribution in [2.75, 3.05) is 0 Å². The van der Waals surface area contributed by atoms with Crippen LogP contribution in [0.25, 0.3) is 87.5 Å². The van der Waals surface area contributed by atoms with Gasteiger partial charge in [0.05, 0.1) is 16.8 Å². The molecular formula is C59H38N2S. The molecule has 2 aromatic heterocycles. The van der Waals surface area contributed by atoms with Crippen LogP contribution in [0.15, 0.2) is 231 Å². The van der Waals surface area contributed by atoms with Crippen LogP contribution >= 0.6 is 11.3 Å². The molecule has 0 saturated heterocycles. The highest BCUT2D eigenvalue weighted by atomic mass is 32.1. The number of thiophene rings is 1. The van der Waals surface area contributed by atoms with Crippen LogP contribution in [0.4, 0.5) is 0 Å². The first-order valence-electron chi connectivity index (χ1n) is 21.1. The van der Waals surface area contributed by atoms with Crippen molar-refractivity contribution >= 4 is 31.5 Å². The van der Waals surface area contributed by atoms with E-state index in [0.29, 0.717) is 5.82 Å². The average Bonchev–Trinajstić information content (AvgIpc) is 3.89. The van der Waals surface area contributed by atoms with Crippen molar-refractivity contribution in [3.05, 3.63) is 253 Å². The van der Waals surface area contributed by atoms with Gasteiger partial charge in [-0.2, -0.15) is 0 Å². The average molecular weight is 807 g/mol. The fourth-order valence-corrected chi connectivity index (χ4v) is 10.9. The number of benzene rings is 9. The summed E-state index contributed by atoms with van der Waals surface area (Å²) in [7, 11) is 0. The van der Waals surface area contributed by atoms with Gasteiger partial charge >= 0.3 is 0 Å². The Morgan fingerprint density at radius 3 is 1.58 bits per heavy atom. The molecule has 2 nitrogen and oxygen atoms in total. The van der Waals surface area contributed by atoms with Crippen molar-refractivity contribution in [2.45, 2.75) is 5.41 Å². The molecule has 0 saturated carbocycles. The van der Waals surface area contributed by atoms with Crippen molar-refractivity contribution in [3.63, 3.8) is 0 Å². The van der Waals surface area contributed by atoms with Crippen molar-refractivity contribution in [1.29, 1.82) is 0 Å². The zero-order valence-corrected chi connectivity index (χ0v) is 34.6. The second-order valence-corrected chi connectivity index (χ2v) is 17.1. The van der Waals surface area contributed by atoms with E-state index in [9.17, 15) is 0 Å². The maximum Gasteiger partial charge on any atom is 0.160 e. The lowest BCUT2D eigenvalue weighted by atomic mass is 9.67. The molecule has 1 aliphatic carbocycles. The number of hydrogen-bond donors (Lipinski definition) is 0. The first-order chi connectivity index (χ1) is 30.7. The monoisotopic (exact) mass is 806 g/mol. The minimum atomic E-state index is -0.427. The summed E-state index contributed by atoms with van der Waals surface area (Å²) in [5.41, 5.74) is 16.9. The molecule has 12 rings (SSSR count). The van der Waals surface area contributed by atoms with Crippen LogP contribution in [-0.2, 0) is 5.41 Å². The molecule has 0 fully saturated rings. The fourth-order valence-electron chi connectivity index (χ4n) is 9.78. The summed E-state index contributed by atoms with van der Waals surface area (Å²) < 4.78 is 2.62. The van der Waals surface area contributed by atoms with E-state index in [1.165, 1.54) is 64.7 Å². The number of hydrogen-bond acceptors (Lipinski definition) is 3. The number of fused-ring (bicyclic) bond motifs is 6. The maximum atomic E-state index is 5.20. The fraction of sp³-hybridized carbons (Fsp3) is 0.0169. The third kappa shape index (κ3) is 5.85. The van der Waals surface area contributed by atoms with Crippen molar-refractivity contribution in [2.24, 2.45) is 0 Å². The smallest absolute Gasteiger partial charge is 0.160 e. The third-order valence-electron chi connectivity index (χ3n) is 12.6. The number of rotatable bonds is 7. The molecule has 2 heterocycles. The second-order valence-electron chi connectivity index (χ2n) is 16.0. The van der Waals surface area contributed by atoms with E-state index >= 15 is 0 Å². The zero-order valence-electron chi connectivity index (χ0n) is 33.7. The summed E-state index contributed by atoms with van der Waals surface area (Å²) in [6.07, 6.45) is 0. The third-order valence-corrected chi connectivity index (χ3v) is 13.8. The van der Waals surface area contributed by atoms with Gasteiger partial charge in [0.2, 0.25) is 0 Å². The summed E-state index contributed by atoms with van der Waals surface area (Å²) >= 11 is 1.85. The largest absolute Gasteiger partial charge is 0.228 e. The van der Waals surface area contributed by atoms with Gasteiger partial charge in [0.15, 0.2) is 5.82 Å². The Kier molecular flexibility index (Phi) is 8.62. The van der Waals surface area contributed by atoms with Gasteiger partial charge in [-0.15, -0.1) is 11.3 Å². The predicted octanol–water partition coefficient (Wildman–Crippen LogP) is 15.5. The molecular weight excluding hydrogens is 769 g/mol. The van der Waals surface area contributed by atoms with E-state index in [2.05, 4.69) is 212 Å². The van der Waals surface area contributed by atoms with Crippen LogP contribution in [0, 0.1) is 0 Å². The molecule has 62 heavy (non-hydrogen) atoms. The normalized spacial score (nSPS) is 12.6. The summed E-state index contributed by atoms with van der Waals surface area (Å²) in [6.45, 7) is 0. The molecule has 0 unspecified atom stereocenters. The quantitative estimate of drug-likeness (QED) is 0.160. The lowest BCUT2D eigenvalue weighted by molar-refractivity contribution is 0.768. The van der Waals surface area contributed by atoms with Gasteiger partial charge in [-0.25, -0.2) is 9.97 Å². The lowest BCUT2D eigenvalue weighted by Crippen LogP contribution is -2.28. The van der Waals surface area contributed by atoms with Crippen molar-refractivity contribution in [3.8, 4) is 67.3 Å². The highest BCUT2D eigenvalue weighted by Gasteiger charge is 2.45. The molecule has 3 heteroatoms. The van der Waals surface area contributed by atoms with Gasteiger partial charge < -0.3 is 0 Å². The van der Waals surface area contributed by atoms with E-state index in [1.54, 1.807) is 0 Å². The Bertz CT molecular complexity index is 3400. The Labute approximate surface area is 365 Å². The molecule has 1 aliphatic rings. The molecule has 0 spiro atoms. The Hall–Kier alpha value is -7.72. The van der Waals surface area contributed by atoms with Crippen LogP contribution in [0.5, 0.6) is 0 Å². The minimum Gasteiger partial charge on any atom is -0.228 e. The van der Waals surface area contributed by atoms with E-state index in [4.69, 9.17) is 9.97 Å². The summed E-state index contributed by atoms with van der Waals surface area (Å²) in [5, 5.41) is 2.62. The molecule has 11 aromatic rings. The standard InChI is InChI=1S/C59H38N2S/c1-3-15-42(16-4-1)58-60-53(41-31-29-40(30-32-41)47-24-14-28-56-57(47)50-23-9-12-27-55(50)62-56)38-54(61-58)44-18-13-17-43(37-44)39-33-35-46(36-34-39)59(45-19-5-2-6-20-45)51-25-10-7-21-48(51)49-22-8-11-26-52(49)59/h1-38H. The molecule has 0 aliphatic heterocycles. The summed E-state index contributed by atoms with van der Waals surface area (Å²) in [4.78, 5) is 10.4. The van der Waals surface area contributed by atoms with E-state index < -0.39 is 5.41 Å². The molecule has 0 atom stereocenters. The van der Waals surface area contributed by atoms with Crippen LogP contribution in [0.1, 0.15) is 22.3 Å². The van der Waals surface area contributed by atoms with Crippen LogP contribution in [-0.4, -0.2) is 9.97 Å². The first-order valence-corrected chi connectivity index (χ1v) is 22.0. The predicted molar refractivity (Wildman–Crippen MR) is 259 cm³/mol. The Balaban J connectivity index is 0.930. The summed E-state index contributed by atoms with van der Waals surface area (Å²) in [5.74, 6) is 0.703. The van der Waals surface area contributed by atoms with Gasteiger partial charge in [0, 0.05) is 36.9 Å². The van der Waals surface area contributed by atoms with Crippen LogP contribution in [0.3, 0.4) is 0 Å². The van der Waals surface area contributed by atoms with Crippen molar-refractivity contribution in [1.82, 2.24) is 9.97 Å². The Morgan fingerprint density at radius 1 is 0.323 bits per heavy atom. The van der Waals surface area contributed by atoms with Crippen LogP contribution < -0.4 is 0 Å². The molecule has 0 radical (unpaired) electrons. The lowest BCUT2D eigenvalue weighted by Gasteiger charge is -2.34. The molecule has 290 valence electrons. The van der Waals surface area contributed by atoms with Gasteiger partial charge in [-0.1, -0.05) is 206 Å². The highest BCUT2D eigenvalue weighted by Crippen LogP contribution is 2.56. The van der Waals surface area contributed by atoms with Gasteiger partial charge in [-0.3, -0.25) is 0 Å². The SMILES string of the molecule is c1ccc(-c2nc(-c3ccc(-c4cccc5sc6ccccc6c45)cc3)cc(-c3cccc(-c4ccc(C5(c6ccccc6)c6ccccc6-c6ccccc65)cc4)c3)n2)cc1. The Morgan fingerprint density at radius 2 is 0.839 bits per heavy atom. The van der Waals surface area contributed by atoms with Crippen LogP contribution in [0.2, 0.25) is 0 Å². The second kappa shape index (κ2) is 14.8. The van der Waals surface area contributed by atoms with Gasteiger partial charge in [-0.05, 0) is 79.9 Å². The topological polar surface area (TPSA) is 25.8 Å². The maximum absolute atomic E-state index is 5.20. The number of aromatic nitrogens is 2. The molecule has 0 bridgehead atoms. The van der Waals surface area contributed by atoms with Crippen molar-refractivity contribution < 1.29 is 0 Å². The molecule has 0 N–H and O–H groups in total. The number of nitrogens with zero attached hydrogens (tertiary/aromatic N) is 2. The highest BCUT2D eigenvalue weighted by molar-refractivity contribution is 7.25. The first kappa shape index (κ1) is 36.2. The van der Waals surface area contributed by atoms with E-state index in [1.807, 2.05) is 29.5 Å². The van der Waals surface area contributed by atoms with E-state index in [-0.39, 0.29) is 0 Å². The molecule has 9 aromatic carbocycles. The van der Waals surface area contributed by atoms with E-state index in [0.717, 1.165) is 39.2 Å². The molecule has 0 amide bonds. The van der Waals surface area contributed by atoms with Gasteiger partial charge in [0.1, 0.15) is 0 Å². The van der Waals surface area contributed by atoms with Gasteiger partial charge in [0.25, 0.3) is 0 Å². The minimum absolute atomic E-state index is 0.427. The zero-order chi connectivity index (χ0) is 41.0.